The molecule has 0 heterocycles. The van der Waals surface area contributed by atoms with E-state index >= 15 is 0 Å². The average Bonchev–Trinajstić information content (AvgIpc) is 2.32. The van der Waals surface area contributed by atoms with Crippen molar-refractivity contribution in [1.82, 2.24) is 5.32 Å². The number of nitrogen functional groups attached to an aromatic ring is 1. The third kappa shape index (κ3) is 2.92. The molecule has 0 aliphatic rings. The van der Waals surface area contributed by atoms with E-state index < -0.39 is 30.5 Å². The molecule has 5 nitrogen and oxygen atoms in total. The Hall–Kier alpha value is -1.66. The van der Waals surface area contributed by atoms with Gasteiger partial charge in [-0.05, 0) is 19.1 Å². The van der Waals surface area contributed by atoms with Crippen LogP contribution in [0.5, 0.6) is 0 Å². The molecule has 0 aliphatic carbocycles. The number of aliphatic hydroxyl groups excluding tert-OH is 2. The standard InChI is InChI=1S/C11H15FN2O3/c1-11(5-15,6-16)14-10(17)7-3-2-4-8(12)9(7)13/h2-4,15-16H,5-6,13H2,1H3,(H,14,17). The monoisotopic (exact) mass is 242 g/mol. The first kappa shape index (κ1) is 13.4. The summed E-state index contributed by atoms with van der Waals surface area (Å²) in [5, 5.41) is 20.4. The zero-order valence-electron chi connectivity index (χ0n) is 9.40. The largest absolute Gasteiger partial charge is 0.396 e. The van der Waals surface area contributed by atoms with E-state index in [0.29, 0.717) is 0 Å². The zero-order chi connectivity index (χ0) is 13.1. The van der Waals surface area contributed by atoms with Crippen LogP contribution in [0.2, 0.25) is 0 Å². The van der Waals surface area contributed by atoms with E-state index in [1.807, 2.05) is 0 Å². The van der Waals surface area contributed by atoms with E-state index in [9.17, 15) is 9.18 Å². The molecule has 1 aromatic carbocycles. The smallest absolute Gasteiger partial charge is 0.254 e. The summed E-state index contributed by atoms with van der Waals surface area (Å²) in [4.78, 5) is 11.8. The van der Waals surface area contributed by atoms with Gasteiger partial charge < -0.3 is 21.3 Å². The molecule has 6 heteroatoms. The topological polar surface area (TPSA) is 95.6 Å². The average molecular weight is 242 g/mol. The van der Waals surface area contributed by atoms with Crippen LogP contribution in [0.3, 0.4) is 0 Å². The lowest BCUT2D eigenvalue weighted by Crippen LogP contribution is -2.51. The van der Waals surface area contributed by atoms with Gasteiger partial charge in [0.2, 0.25) is 0 Å². The number of halogens is 1. The quantitative estimate of drug-likeness (QED) is 0.553. The Bertz CT molecular complexity index is 419. The van der Waals surface area contributed by atoms with Crippen molar-refractivity contribution in [3.8, 4) is 0 Å². The SMILES string of the molecule is CC(CO)(CO)NC(=O)c1cccc(F)c1N. The van der Waals surface area contributed by atoms with Crippen LogP contribution in [0.25, 0.3) is 0 Å². The van der Waals surface area contributed by atoms with Crippen molar-refractivity contribution in [2.45, 2.75) is 12.5 Å². The fraction of sp³-hybridized carbons (Fsp3) is 0.364. The molecule has 0 radical (unpaired) electrons. The highest BCUT2D eigenvalue weighted by Crippen LogP contribution is 2.16. The number of anilines is 1. The molecule has 0 saturated heterocycles. The van der Waals surface area contributed by atoms with Gasteiger partial charge in [0, 0.05) is 0 Å². The van der Waals surface area contributed by atoms with Crippen LogP contribution in [0.4, 0.5) is 10.1 Å². The zero-order valence-corrected chi connectivity index (χ0v) is 9.40. The van der Waals surface area contributed by atoms with E-state index in [1.165, 1.54) is 19.1 Å². The van der Waals surface area contributed by atoms with Crippen molar-refractivity contribution in [3.63, 3.8) is 0 Å². The second-order valence-electron chi connectivity index (χ2n) is 4.03. The van der Waals surface area contributed by atoms with Crippen LogP contribution in [-0.4, -0.2) is 34.9 Å². The number of benzene rings is 1. The van der Waals surface area contributed by atoms with E-state index in [4.69, 9.17) is 15.9 Å². The van der Waals surface area contributed by atoms with Gasteiger partial charge in [0.15, 0.2) is 0 Å². The van der Waals surface area contributed by atoms with Gasteiger partial charge in [-0.1, -0.05) is 6.07 Å². The minimum Gasteiger partial charge on any atom is -0.396 e. The molecule has 0 bridgehead atoms. The van der Waals surface area contributed by atoms with E-state index in [2.05, 4.69) is 5.32 Å². The highest BCUT2D eigenvalue weighted by atomic mass is 19.1. The van der Waals surface area contributed by atoms with Gasteiger partial charge in [0.25, 0.3) is 5.91 Å². The second-order valence-corrected chi connectivity index (χ2v) is 4.03. The maximum Gasteiger partial charge on any atom is 0.254 e. The molecule has 1 aromatic rings. The lowest BCUT2D eigenvalue weighted by Gasteiger charge is -2.26. The van der Waals surface area contributed by atoms with Gasteiger partial charge in [-0.15, -0.1) is 0 Å². The lowest BCUT2D eigenvalue weighted by molar-refractivity contribution is 0.0724. The van der Waals surface area contributed by atoms with Crippen LogP contribution >= 0.6 is 0 Å². The molecule has 0 atom stereocenters. The molecule has 0 aliphatic heterocycles. The molecule has 1 rings (SSSR count). The van der Waals surface area contributed by atoms with Gasteiger partial charge in [-0.2, -0.15) is 0 Å². The summed E-state index contributed by atoms with van der Waals surface area (Å²) in [7, 11) is 0. The number of hydrogen-bond donors (Lipinski definition) is 4. The first-order chi connectivity index (χ1) is 7.93. The molecular weight excluding hydrogens is 227 g/mol. The van der Waals surface area contributed by atoms with Crippen LogP contribution in [0.1, 0.15) is 17.3 Å². The normalized spacial score (nSPS) is 11.3. The van der Waals surface area contributed by atoms with Gasteiger partial charge in [-0.3, -0.25) is 4.79 Å². The number of aliphatic hydroxyl groups is 2. The molecule has 0 aromatic heterocycles. The Morgan fingerprint density at radius 3 is 2.59 bits per heavy atom. The highest BCUT2D eigenvalue weighted by molar-refractivity contribution is 5.99. The van der Waals surface area contributed by atoms with E-state index in [0.717, 1.165) is 6.07 Å². The maximum atomic E-state index is 13.1. The van der Waals surface area contributed by atoms with Gasteiger partial charge >= 0.3 is 0 Å². The summed E-state index contributed by atoms with van der Waals surface area (Å²) in [6.07, 6.45) is 0. The fourth-order valence-corrected chi connectivity index (χ4v) is 1.21. The van der Waals surface area contributed by atoms with Crippen molar-refractivity contribution in [3.05, 3.63) is 29.6 Å². The van der Waals surface area contributed by atoms with Crippen molar-refractivity contribution in [2.75, 3.05) is 18.9 Å². The first-order valence-electron chi connectivity index (χ1n) is 5.02. The van der Waals surface area contributed by atoms with Crippen molar-refractivity contribution in [2.24, 2.45) is 0 Å². The second kappa shape index (κ2) is 5.11. The summed E-state index contributed by atoms with van der Waals surface area (Å²) in [5.41, 5.74) is 3.96. The number of para-hydroxylation sites is 1. The molecule has 0 fully saturated rings. The third-order valence-electron chi connectivity index (χ3n) is 2.41. The molecule has 1 amide bonds. The van der Waals surface area contributed by atoms with Crippen LogP contribution in [-0.2, 0) is 0 Å². The number of nitrogens with one attached hydrogen (secondary N) is 1. The van der Waals surface area contributed by atoms with E-state index in [1.54, 1.807) is 0 Å². The summed E-state index contributed by atoms with van der Waals surface area (Å²) in [5.74, 6) is -1.33. The van der Waals surface area contributed by atoms with Crippen LogP contribution in [0, 0.1) is 5.82 Å². The minimum atomic E-state index is -1.17. The van der Waals surface area contributed by atoms with E-state index in [-0.39, 0.29) is 11.3 Å². The molecule has 17 heavy (non-hydrogen) atoms. The Labute approximate surface area is 98.1 Å². The van der Waals surface area contributed by atoms with Crippen LogP contribution in [0.15, 0.2) is 18.2 Å². The summed E-state index contributed by atoms with van der Waals surface area (Å²) >= 11 is 0. The summed E-state index contributed by atoms with van der Waals surface area (Å²) < 4.78 is 13.1. The number of hydrogen-bond acceptors (Lipinski definition) is 4. The molecule has 5 N–H and O–H groups in total. The number of rotatable bonds is 4. The number of amides is 1. The van der Waals surface area contributed by atoms with Gasteiger partial charge in [0.1, 0.15) is 5.82 Å². The Balaban J connectivity index is 2.94. The summed E-state index contributed by atoms with van der Waals surface area (Å²) in [6, 6.07) is 3.86. The van der Waals surface area contributed by atoms with Crippen molar-refractivity contribution < 1.29 is 19.4 Å². The molecular formula is C11H15FN2O3. The third-order valence-corrected chi connectivity index (χ3v) is 2.41. The van der Waals surface area contributed by atoms with Gasteiger partial charge in [-0.25, -0.2) is 4.39 Å². The number of carbonyl (C=O) groups excluding carboxylic acids is 1. The lowest BCUT2D eigenvalue weighted by atomic mass is 10.0. The molecule has 0 spiro atoms. The Kier molecular flexibility index (Phi) is 4.03. The van der Waals surface area contributed by atoms with Crippen molar-refractivity contribution in [1.29, 1.82) is 0 Å². The maximum absolute atomic E-state index is 13.1. The molecule has 0 unspecified atom stereocenters. The first-order valence-corrected chi connectivity index (χ1v) is 5.02. The van der Waals surface area contributed by atoms with Crippen molar-refractivity contribution >= 4 is 11.6 Å². The predicted molar refractivity (Wildman–Crippen MR) is 60.9 cm³/mol. The van der Waals surface area contributed by atoms with Gasteiger partial charge in [0.05, 0.1) is 30.0 Å². The Morgan fingerprint density at radius 2 is 2.06 bits per heavy atom. The number of carbonyl (C=O) groups is 1. The Morgan fingerprint density at radius 1 is 1.47 bits per heavy atom. The highest BCUT2D eigenvalue weighted by Gasteiger charge is 2.26. The summed E-state index contributed by atoms with van der Waals surface area (Å²) in [6.45, 7) is 0.579. The number of nitrogens with two attached hydrogens (primary N) is 1. The molecule has 0 saturated carbocycles. The predicted octanol–water partition coefficient (Wildman–Crippen LogP) is -0.119. The molecule has 94 valence electrons. The van der Waals surface area contributed by atoms with Crippen LogP contribution < -0.4 is 11.1 Å². The fourth-order valence-electron chi connectivity index (χ4n) is 1.21. The minimum absolute atomic E-state index is 0.0295.